The highest BCUT2D eigenvalue weighted by Crippen LogP contribution is 2.10. The Hall–Kier alpha value is -0.210. The molecule has 0 aromatic heterocycles. The first-order valence-corrected chi connectivity index (χ1v) is 9.06. The first kappa shape index (κ1) is 35.8. The molecule has 0 rings (SSSR count). The summed E-state index contributed by atoms with van der Waals surface area (Å²) in [5.74, 6) is 0. The maximum absolute atomic E-state index is 10.3. The molecule has 1 N–H and O–H groups in total. The predicted molar refractivity (Wildman–Crippen MR) is 109 cm³/mol. The Morgan fingerprint density at radius 2 is 1.44 bits per heavy atom. The van der Waals surface area contributed by atoms with Crippen LogP contribution in [0.2, 0.25) is 0 Å². The lowest BCUT2D eigenvalue weighted by molar-refractivity contribution is -0.0479. The molecule has 25 heavy (non-hydrogen) atoms. The van der Waals surface area contributed by atoms with Gasteiger partial charge >= 0.3 is 10.4 Å². The van der Waals surface area contributed by atoms with Crippen LogP contribution in [0.1, 0.15) is 89.0 Å². The highest BCUT2D eigenvalue weighted by atomic mass is 32.3. The fourth-order valence-corrected chi connectivity index (χ4v) is 2.27. The average Bonchev–Trinajstić information content (AvgIpc) is 2.36. The first-order chi connectivity index (χ1) is 9.85. The van der Waals surface area contributed by atoms with Gasteiger partial charge < -0.3 is 9.47 Å². The molecule has 0 saturated carbocycles. The molecule has 0 aromatic carbocycles. The van der Waals surface area contributed by atoms with E-state index in [1.54, 1.807) is 0 Å². The molecule has 0 fully saturated rings. The van der Waals surface area contributed by atoms with E-state index in [9.17, 15) is 8.42 Å². The van der Waals surface area contributed by atoms with Crippen LogP contribution in [0.25, 0.3) is 0 Å². The molecule has 0 bridgehead atoms. The minimum Gasteiger partial charge on any atom is -0.376 e. The number of unbranched alkanes of at least 4 members (excludes halogenated alkanes) is 4. The van der Waals surface area contributed by atoms with Crippen LogP contribution in [0.3, 0.4) is 0 Å². The lowest BCUT2D eigenvalue weighted by atomic mass is 10.1. The molecular formula is C18H46O6S. The van der Waals surface area contributed by atoms with Crippen LogP contribution >= 0.6 is 0 Å². The summed E-state index contributed by atoms with van der Waals surface area (Å²) in [6.07, 6.45) is 7.44. The molecule has 0 amide bonds. The van der Waals surface area contributed by atoms with Gasteiger partial charge in [-0.3, -0.25) is 4.55 Å². The Bertz CT molecular complexity index is 332. The van der Waals surface area contributed by atoms with Crippen molar-refractivity contribution >= 4 is 10.4 Å². The van der Waals surface area contributed by atoms with E-state index >= 15 is 0 Å². The normalized spacial score (nSPS) is 12.6. The van der Waals surface area contributed by atoms with Crippen molar-refractivity contribution in [2.45, 2.75) is 101 Å². The summed E-state index contributed by atoms with van der Waals surface area (Å²) in [7, 11) is -4.37. The third kappa shape index (κ3) is 28.8. The van der Waals surface area contributed by atoms with E-state index in [4.69, 9.17) is 14.0 Å². The van der Waals surface area contributed by atoms with Gasteiger partial charge in [0.25, 0.3) is 0 Å². The summed E-state index contributed by atoms with van der Waals surface area (Å²) in [5.41, 5.74) is 0. The van der Waals surface area contributed by atoms with Gasteiger partial charge in [0, 0.05) is 0 Å². The Balaban J connectivity index is -0.000000333. The van der Waals surface area contributed by atoms with Crippen molar-refractivity contribution in [3.8, 4) is 0 Å². The van der Waals surface area contributed by atoms with Gasteiger partial charge in [0.15, 0.2) is 0 Å². The molecule has 0 heterocycles. The van der Waals surface area contributed by atoms with Gasteiger partial charge in [-0.15, -0.1) is 0 Å². The summed E-state index contributed by atoms with van der Waals surface area (Å²) in [6.45, 7) is 6.44. The zero-order valence-electron chi connectivity index (χ0n) is 13.4. The summed E-state index contributed by atoms with van der Waals surface area (Å²) in [6, 6.07) is 0. The van der Waals surface area contributed by atoms with E-state index in [1.807, 2.05) is 6.92 Å². The second-order valence-electron chi connectivity index (χ2n) is 5.28. The molecule has 0 aliphatic rings. The van der Waals surface area contributed by atoms with Gasteiger partial charge in [0.05, 0.1) is 32.0 Å². The highest BCUT2D eigenvalue weighted by molar-refractivity contribution is 7.80. The van der Waals surface area contributed by atoms with Crippen molar-refractivity contribution < 1.29 is 26.6 Å². The lowest BCUT2D eigenvalue weighted by Gasteiger charge is -2.19. The Morgan fingerprint density at radius 3 is 1.96 bits per heavy atom. The largest absolute Gasteiger partial charge is 0.397 e. The van der Waals surface area contributed by atoms with Crippen LogP contribution in [0, 0.1) is 0 Å². The molecule has 7 heteroatoms. The molecule has 6 nitrogen and oxygen atoms in total. The van der Waals surface area contributed by atoms with E-state index in [0.717, 1.165) is 6.42 Å². The van der Waals surface area contributed by atoms with E-state index in [0.29, 0.717) is 6.61 Å². The topological polar surface area (TPSA) is 82.1 Å². The summed E-state index contributed by atoms with van der Waals surface area (Å²) < 4.78 is 44.1. The van der Waals surface area contributed by atoms with Crippen molar-refractivity contribution in [3.63, 3.8) is 0 Å². The van der Waals surface area contributed by atoms with E-state index in [2.05, 4.69) is 18.0 Å². The van der Waals surface area contributed by atoms with Crippen LogP contribution in [0.4, 0.5) is 0 Å². The molecule has 0 aliphatic carbocycles. The zero-order chi connectivity index (χ0) is 16.1. The van der Waals surface area contributed by atoms with Gasteiger partial charge in [-0.1, -0.05) is 68.7 Å². The highest BCUT2D eigenvalue weighted by Gasteiger charge is 2.09. The lowest BCUT2D eigenvalue weighted by Crippen LogP contribution is -2.23. The summed E-state index contributed by atoms with van der Waals surface area (Å²) in [5, 5.41) is 0. The molecule has 0 saturated heterocycles. The standard InChI is InChI=1S/C14H30O6S.4CH4/c1-4-5-6-7-8-9-13(2)20-14(3)12-18-10-11-19-21(15,16)17;;;;/h13-14H,4-12H2,1-3H3,(H,15,16,17);4*1H4. The number of rotatable bonds is 14. The van der Waals surface area contributed by atoms with Gasteiger partial charge in [0.2, 0.25) is 0 Å². The van der Waals surface area contributed by atoms with Gasteiger partial charge in [-0.2, -0.15) is 8.42 Å². The molecule has 2 atom stereocenters. The van der Waals surface area contributed by atoms with Crippen molar-refractivity contribution in [3.05, 3.63) is 0 Å². The van der Waals surface area contributed by atoms with E-state index < -0.39 is 10.4 Å². The third-order valence-electron chi connectivity index (χ3n) is 2.99. The van der Waals surface area contributed by atoms with Crippen molar-refractivity contribution in [1.29, 1.82) is 0 Å². The number of hydrogen-bond donors (Lipinski definition) is 1. The summed E-state index contributed by atoms with van der Waals surface area (Å²) in [4.78, 5) is 0. The maximum atomic E-state index is 10.3. The van der Waals surface area contributed by atoms with Crippen LogP contribution in [0.5, 0.6) is 0 Å². The summed E-state index contributed by atoms with van der Waals surface area (Å²) >= 11 is 0. The average molecular weight is 391 g/mol. The quantitative estimate of drug-likeness (QED) is 0.310. The van der Waals surface area contributed by atoms with Crippen molar-refractivity contribution in [2.24, 2.45) is 0 Å². The zero-order valence-corrected chi connectivity index (χ0v) is 14.2. The number of hydrogen-bond acceptors (Lipinski definition) is 5. The second-order valence-corrected chi connectivity index (χ2v) is 6.38. The first-order valence-electron chi connectivity index (χ1n) is 7.70. The molecular weight excluding hydrogens is 344 g/mol. The maximum Gasteiger partial charge on any atom is 0.397 e. The minimum atomic E-state index is -4.37. The van der Waals surface area contributed by atoms with E-state index in [1.165, 1.54) is 32.1 Å². The fraction of sp³-hybridized carbons (Fsp3) is 1.00. The molecule has 2 unspecified atom stereocenters. The Labute approximate surface area is 158 Å². The minimum absolute atomic E-state index is 0. The predicted octanol–water partition coefficient (Wildman–Crippen LogP) is 5.52. The van der Waals surface area contributed by atoms with Crippen molar-refractivity contribution in [1.82, 2.24) is 0 Å². The Morgan fingerprint density at radius 1 is 0.880 bits per heavy atom. The van der Waals surface area contributed by atoms with Crippen molar-refractivity contribution in [2.75, 3.05) is 19.8 Å². The second kappa shape index (κ2) is 21.8. The van der Waals surface area contributed by atoms with Gasteiger partial charge in [-0.25, -0.2) is 4.18 Å². The molecule has 160 valence electrons. The number of ether oxygens (including phenoxy) is 2. The molecule has 0 aromatic rings. The third-order valence-corrected chi connectivity index (χ3v) is 3.46. The van der Waals surface area contributed by atoms with E-state index in [-0.39, 0.29) is 55.1 Å². The van der Waals surface area contributed by atoms with Crippen LogP contribution < -0.4 is 0 Å². The molecule has 0 spiro atoms. The smallest absolute Gasteiger partial charge is 0.376 e. The monoisotopic (exact) mass is 390 g/mol. The Kier molecular flexibility index (Phi) is 31.3. The van der Waals surface area contributed by atoms with Gasteiger partial charge in [0.1, 0.15) is 0 Å². The fourth-order valence-electron chi connectivity index (χ4n) is 1.99. The van der Waals surface area contributed by atoms with Crippen LogP contribution in [0.15, 0.2) is 0 Å². The molecule has 0 aliphatic heterocycles. The molecule has 0 radical (unpaired) electrons. The SMILES string of the molecule is C.C.C.C.CCCCCCCC(C)OC(C)COCCOS(=O)(=O)O. The van der Waals surface area contributed by atoms with Crippen LogP contribution in [-0.2, 0) is 24.1 Å². The van der Waals surface area contributed by atoms with Gasteiger partial charge in [-0.05, 0) is 20.3 Å². The van der Waals surface area contributed by atoms with Crippen LogP contribution in [-0.4, -0.2) is 45.0 Å².